The molecule has 0 aliphatic heterocycles. The molecule has 0 aliphatic carbocycles. The van der Waals surface area contributed by atoms with Crippen molar-refractivity contribution in [1.29, 1.82) is 0 Å². The lowest BCUT2D eigenvalue weighted by Gasteiger charge is -2.16. The van der Waals surface area contributed by atoms with E-state index in [9.17, 15) is 9.59 Å². The fourth-order valence-corrected chi connectivity index (χ4v) is 1.56. The van der Waals surface area contributed by atoms with E-state index in [1.807, 2.05) is 30.3 Å². The molecule has 7 nitrogen and oxygen atoms in total. The molecule has 0 aromatic heterocycles. The van der Waals surface area contributed by atoms with E-state index in [0.717, 1.165) is 5.56 Å². The molecule has 1 atom stereocenters. The van der Waals surface area contributed by atoms with Crippen LogP contribution in [0.4, 0.5) is 4.79 Å². The van der Waals surface area contributed by atoms with E-state index in [-0.39, 0.29) is 13.2 Å². The number of amides is 1. The summed E-state index contributed by atoms with van der Waals surface area (Å²) < 4.78 is 19.7. The molecule has 0 bridgehead atoms. The maximum absolute atomic E-state index is 11.7. The Morgan fingerprint density at radius 3 is 2.50 bits per heavy atom. The van der Waals surface area contributed by atoms with E-state index in [4.69, 9.17) is 14.2 Å². The predicted octanol–water partition coefficient (Wildman–Crippen LogP) is 1.12. The average Bonchev–Trinajstić information content (AvgIpc) is 2.56. The molecule has 0 spiro atoms. The number of alkyl carbamates (subject to hydrolysis) is 1. The maximum Gasteiger partial charge on any atom is 0.408 e. The van der Waals surface area contributed by atoms with Gasteiger partial charge in [0.2, 0.25) is 0 Å². The number of carbonyl (C=O) groups excluding carboxylic acids is 2. The summed E-state index contributed by atoms with van der Waals surface area (Å²) in [6.45, 7) is 0.804. The number of carbonyl (C=O) groups is 2. The molecule has 1 amide bonds. The summed E-state index contributed by atoms with van der Waals surface area (Å²) in [5.41, 5.74) is 0.851. The third kappa shape index (κ3) is 7.05. The fraction of sp³-hybridized carbons (Fsp3) is 0.467. The Hall–Kier alpha value is -2.12. The fourth-order valence-electron chi connectivity index (χ4n) is 1.56. The monoisotopic (exact) mass is 311 g/mol. The van der Waals surface area contributed by atoms with Gasteiger partial charge in [-0.25, -0.2) is 9.59 Å². The summed E-state index contributed by atoms with van der Waals surface area (Å²) in [5.74, 6) is -0.603. The van der Waals surface area contributed by atoms with Crippen LogP contribution in [0.15, 0.2) is 30.3 Å². The minimum Gasteiger partial charge on any atom is -0.467 e. The van der Waals surface area contributed by atoms with Crippen LogP contribution < -0.4 is 5.32 Å². The molecule has 122 valence electrons. The number of esters is 1. The van der Waals surface area contributed by atoms with Crippen LogP contribution in [0.25, 0.3) is 0 Å². The molecule has 0 aliphatic rings. The zero-order chi connectivity index (χ0) is 16.2. The van der Waals surface area contributed by atoms with Gasteiger partial charge in [-0.1, -0.05) is 30.3 Å². The number of ether oxygens (including phenoxy) is 4. The third-order valence-corrected chi connectivity index (χ3v) is 2.71. The molecule has 1 N–H and O–H groups in total. The van der Waals surface area contributed by atoms with Gasteiger partial charge in [-0.15, -0.1) is 0 Å². The topological polar surface area (TPSA) is 83.1 Å². The van der Waals surface area contributed by atoms with Crippen molar-refractivity contribution in [2.45, 2.75) is 12.6 Å². The number of benzene rings is 1. The molecule has 1 aromatic carbocycles. The van der Waals surface area contributed by atoms with Crippen molar-refractivity contribution in [3.8, 4) is 0 Å². The molecule has 0 radical (unpaired) electrons. The van der Waals surface area contributed by atoms with E-state index in [1.165, 1.54) is 7.11 Å². The molecule has 0 unspecified atom stereocenters. The van der Waals surface area contributed by atoms with E-state index < -0.39 is 18.1 Å². The highest BCUT2D eigenvalue weighted by Crippen LogP contribution is 2.01. The second-order valence-corrected chi connectivity index (χ2v) is 4.35. The highest BCUT2D eigenvalue weighted by molar-refractivity contribution is 5.81. The van der Waals surface area contributed by atoms with E-state index >= 15 is 0 Å². The normalized spacial score (nSPS) is 11.5. The second kappa shape index (κ2) is 10.6. The van der Waals surface area contributed by atoms with Gasteiger partial charge in [0.1, 0.15) is 6.61 Å². The van der Waals surface area contributed by atoms with Crippen LogP contribution in [0.2, 0.25) is 0 Å². The van der Waals surface area contributed by atoms with Crippen LogP contribution >= 0.6 is 0 Å². The van der Waals surface area contributed by atoms with Crippen molar-refractivity contribution < 1.29 is 28.5 Å². The molecule has 0 saturated carbocycles. The van der Waals surface area contributed by atoms with Crippen LogP contribution in [-0.2, 0) is 30.3 Å². The highest BCUT2D eigenvalue weighted by atomic mass is 16.6. The van der Waals surface area contributed by atoms with Crippen molar-refractivity contribution in [3.05, 3.63) is 35.9 Å². The van der Waals surface area contributed by atoms with Crippen LogP contribution in [0.1, 0.15) is 5.56 Å². The zero-order valence-corrected chi connectivity index (χ0v) is 12.7. The number of nitrogens with one attached hydrogen (secondary N) is 1. The standard InChI is InChI=1S/C15H21NO6/c1-19-8-9-21-11-13(14(17)20-2)16-15(18)22-10-12-6-4-3-5-7-12/h3-7,13H,8-11H2,1-2H3,(H,16,18)/t13-/m0/s1. The Morgan fingerprint density at radius 2 is 1.86 bits per heavy atom. The maximum atomic E-state index is 11.7. The minimum atomic E-state index is -0.926. The van der Waals surface area contributed by atoms with Crippen molar-refractivity contribution in [1.82, 2.24) is 5.32 Å². The van der Waals surface area contributed by atoms with Crippen LogP contribution in [-0.4, -0.2) is 52.1 Å². The Kier molecular flexibility index (Phi) is 8.63. The lowest BCUT2D eigenvalue weighted by molar-refractivity contribution is -0.144. The van der Waals surface area contributed by atoms with Gasteiger partial charge < -0.3 is 24.3 Å². The third-order valence-electron chi connectivity index (χ3n) is 2.71. The Balaban J connectivity index is 2.39. The summed E-state index contributed by atoms with van der Waals surface area (Å²) in [6.07, 6.45) is -0.713. The SMILES string of the molecule is COCCOC[C@H](NC(=O)OCc1ccccc1)C(=O)OC. The molecular weight excluding hydrogens is 290 g/mol. The smallest absolute Gasteiger partial charge is 0.408 e. The van der Waals surface area contributed by atoms with Crippen LogP contribution in [0, 0.1) is 0 Å². The first-order chi connectivity index (χ1) is 10.7. The number of rotatable bonds is 9. The van der Waals surface area contributed by atoms with Crippen molar-refractivity contribution in [2.24, 2.45) is 0 Å². The first-order valence-electron chi connectivity index (χ1n) is 6.79. The van der Waals surface area contributed by atoms with Crippen molar-refractivity contribution >= 4 is 12.1 Å². The molecule has 0 saturated heterocycles. The number of hydrogen-bond acceptors (Lipinski definition) is 6. The summed E-state index contributed by atoms with van der Waals surface area (Å²) >= 11 is 0. The van der Waals surface area contributed by atoms with Crippen molar-refractivity contribution in [2.75, 3.05) is 34.0 Å². The van der Waals surface area contributed by atoms with Gasteiger partial charge in [-0.05, 0) is 5.56 Å². The summed E-state index contributed by atoms with van der Waals surface area (Å²) in [4.78, 5) is 23.3. The molecule has 1 aromatic rings. The van der Waals surface area contributed by atoms with Gasteiger partial charge in [-0.3, -0.25) is 0 Å². The molecule has 1 rings (SSSR count). The lowest BCUT2D eigenvalue weighted by atomic mass is 10.2. The Labute approximate surface area is 129 Å². The van der Waals surface area contributed by atoms with E-state index in [1.54, 1.807) is 7.11 Å². The van der Waals surface area contributed by atoms with Crippen molar-refractivity contribution in [3.63, 3.8) is 0 Å². The largest absolute Gasteiger partial charge is 0.467 e. The van der Waals surface area contributed by atoms with Gasteiger partial charge in [0.25, 0.3) is 0 Å². The van der Waals surface area contributed by atoms with E-state index in [2.05, 4.69) is 10.1 Å². The van der Waals surface area contributed by atoms with Crippen LogP contribution in [0.3, 0.4) is 0 Å². The van der Waals surface area contributed by atoms with Crippen LogP contribution in [0.5, 0.6) is 0 Å². The molecule has 7 heteroatoms. The summed E-state index contributed by atoms with van der Waals surface area (Å²) in [7, 11) is 2.78. The van der Waals surface area contributed by atoms with Gasteiger partial charge in [0.05, 0.1) is 26.9 Å². The molecule has 0 heterocycles. The zero-order valence-electron chi connectivity index (χ0n) is 12.7. The Morgan fingerprint density at radius 1 is 1.14 bits per heavy atom. The first kappa shape index (κ1) is 17.9. The quantitative estimate of drug-likeness (QED) is 0.543. The summed E-state index contributed by atoms with van der Waals surface area (Å²) in [5, 5.41) is 2.41. The number of hydrogen-bond donors (Lipinski definition) is 1. The molecule has 22 heavy (non-hydrogen) atoms. The van der Waals surface area contributed by atoms with Gasteiger partial charge >= 0.3 is 12.1 Å². The van der Waals surface area contributed by atoms with Gasteiger partial charge in [-0.2, -0.15) is 0 Å². The van der Waals surface area contributed by atoms with Gasteiger partial charge in [0, 0.05) is 7.11 Å². The summed E-state index contributed by atoms with van der Waals surface area (Å²) in [6, 6.07) is 8.30. The number of methoxy groups -OCH3 is 2. The predicted molar refractivity (Wildman–Crippen MR) is 78.3 cm³/mol. The highest BCUT2D eigenvalue weighted by Gasteiger charge is 2.22. The first-order valence-corrected chi connectivity index (χ1v) is 6.79. The van der Waals surface area contributed by atoms with Gasteiger partial charge in [0.15, 0.2) is 6.04 Å². The Bertz CT molecular complexity index is 451. The molecular formula is C15H21NO6. The molecule has 0 fully saturated rings. The van der Waals surface area contributed by atoms with E-state index in [0.29, 0.717) is 13.2 Å². The average molecular weight is 311 g/mol. The second-order valence-electron chi connectivity index (χ2n) is 4.35. The minimum absolute atomic E-state index is 0.0174. The lowest BCUT2D eigenvalue weighted by Crippen LogP contribution is -2.45.